The molecule has 36 heavy (non-hydrogen) atoms. The van der Waals surface area contributed by atoms with Crippen LogP contribution in [0.2, 0.25) is 0 Å². The second-order valence-corrected chi connectivity index (χ2v) is 11.6. The van der Waals surface area contributed by atoms with Crippen molar-refractivity contribution in [2.24, 2.45) is 29.6 Å². The molecule has 7 heteroatoms. The Morgan fingerprint density at radius 2 is 1.53 bits per heavy atom. The normalized spacial score (nSPS) is 41.2. The van der Waals surface area contributed by atoms with Gasteiger partial charge in [-0.3, -0.25) is 14.4 Å². The van der Waals surface area contributed by atoms with Crippen LogP contribution in [0.1, 0.15) is 74.1 Å². The van der Waals surface area contributed by atoms with Crippen molar-refractivity contribution in [1.29, 1.82) is 0 Å². The number of rotatable bonds is 0. The highest BCUT2D eigenvalue weighted by molar-refractivity contribution is 6.50. The van der Waals surface area contributed by atoms with Gasteiger partial charge in [0.15, 0.2) is 5.78 Å². The van der Waals surface area contributed by atoms with Crippen molar-refractivity contribution in [2.45, 2.75) is 98.6 Å². The Hall–Kier alpha value is -2.09. The van der Waals surface area contributed by atoms with E-state index in [1.165, 1.54) is 12.5 Å². The number of Topliss-reactive ketones (excluding diaryl/α,β-unsaturated/α-hetero) is 3. The van der Waals surface area contributed by atoms with Crippen LogP contribution in [0.15, 0.2) is 34.1 Å². The number of aliphatic hydroxyl groups excluding tert-OH is 3. The van der Waals surface area contributed by atoms with E-state index in [1.807, 2.05) is 6.92 Å². The Morgan fingerprint density at radius 1 is 0.889 bits per heavy atom. The summed E-state index contributed by atoms with van der Waals surface area (Å²) >= 11 is 0. The number of allylic oxidation sites excluding steroid dienone is 3. The van der Waals surface area contributed by atoms with Crippen LogP contribution in [-0.4, -0.2) is 57.1 Å². The van der Waals surface area contributed by atoms with Gasteiger partial charge in [-0.15, -0.1) is 0 Å². The fraction of sp³-hybridized carbons (Fsp3) is 0.690. The Kier molecular flexibility index (Phi) is 8.79. The minimum Gasteiger partial charge on any atom is -0.507 e. The highest BCUT2D eigenvalue weighted by Crippen LogP contribution is 2.41. The fourth-order valence-electron chi connectivity index (χ4n) is 6.22. The molecule has 3 aliphatic rings. The van der Waals surface area contributed by atoms with E-state index in [-0.39, 0.29) is 34.5 Å². The van der Waals surface area contributed by atoms with Gasteiger partial charge in [-0.2, -0.15) is 0 Å². The van der Waals surface area contributed by atoms with E-state index in [9.17, 15) is 29.7 Å². The van der Waals surface area contributed by atoms with Crippen molar-refractivity contribution < 1.29 is 34.4 Å². The second kappa shape index (κ2) is 11.1. The van der Waals surface area contributed by atoms with Crippen LogP contribution < -0.4 is 0 Å². The lowest BCUT2D eigenvalue weighted by Crippen LogP contribution is -2.52. The second-order valence-electron chi connectivity index (χ2n) is 11.6. The molecule has 1 unspecified atom stereocenters. The summed E-state index contributed by atoms with van der Waals surface area (Å²) in [4.78, 5) is 39.4. The highest BCUT2D eigenvalue weighted by atomic mass is 16.5. The lowest BCUT2D eigenvalue weighted by atomic mass is 9.73. The van der Waals surface area contributed by atoms with Crippen molar-refractivity contribution in [2.75, 3.05) is 0 Å². The van der Waals surface area contributed by atoms with Gasteiger partial charge in [-0.1, -0.05) is 46.3 Å². The molecule has 2 aliphatic heterocycles. The molecule has 1 aliphatic carbocycles. The zero-order chi connectivity index (χ0) is 27.1. The molecule has 0 aromatic heterocycles. The molecule has 0 amide bonds. The number of carbonyl (C=O) groups is 3. The third-order valence-corrected chi connectivity index (χ3v) is 8.37. The van der Waals surface area contributed by atoms with E-state index in [1.54, 1.807) is 13.8 Å². The quantitative estimate of drug-likeness (QED) is 0.260. The number of ketones is 3. The molecule has 200 valence electrons. The molecular weight excluding hydrogens is 460 g/mol. The van der Waals surface area contributed by atoms with E-state index in [2.05, 4.69) is 26.8 Å². The number of aliphatic hydroxyl groups is 3. The number of fused-ring (bicyclic) bond motifs is 3. The van der Waals surface area contributed by atoms with E-state index in [0.717, 1.165) is 12.8 Å². The lowest BCUT2D eigenvalue weighted by Gasteiger charge is -2.44. The van der Waals surface area contributed by atoms with Crippen molar-refractivity contribution in [1.82, 2.24) is 0 Å². The number of carbonyl (C=O) groups excluding carboxylic acids is 3. The molecule has 1 saturated heterocycles. The van der Waals surface area contributed by atoms with Crippen molar-refractivity contribution >= 4 is 17.3 Å². The van der Waals surface area contributed by atoms with Crippen LogP contribution in [0.4, 0.5) is 0 Å². The summed E-state index contributed by atoms with van der Waals surface area (Å²) in [6.07, 6.45) is 0.968. The fourth-order valence-corrected chi connectivity index (χ4v) is 6.22. The van der Waals surface area contributed by atoms with Crippen LogP contribution in [-0.2, 0) is 19.1 Å². The maximum Gasteiger partial charge on any atom is 0.232 e. The molecule has 3 rings (SSSR count). The van der Waals surface area contributed by atoms with Gasteiger partial charge in [0.1, 0.15) is 11.9 Å². The third-order valence-electron chi connectivity index (χ3n) is 8.37. The van der Waals surface area contributed by atoms with E-state index < -0.39 is 59.4 Å². The first-order valence-electron chi connectivity index (χ1n) is 13.2. The van der Waals surface area contributed by atoms with Crippen molar-refractivity contribution in [3.63, 3.8) is 0 Å². The largest absolute Gasteiger partial charge is 0.507 e. The summed E-state index contributed by atoms with van der Waals surface area (Å²) in [6.45, 7) is 13.0. The number of hydrogen-bond donors (Lipinski definition) is 3. The summed E-state index contributed by atoms with van der Waals surface area (Å²) in [6, 6.07) is 0. The first kappa shape index (κ1) is 28.5. The maximum absolute atomic E-state index is 13.4. The molecule has 2 bridgehead atoms. The molecule has 0 aromatic rings. The first-order chi connectivity index (χ1) is 16.8. The molecule has 3 N–H and O–H groups in total. The highest BCUT2D eigenvalue weighted by Gasteiger charge is 2.49. The molecule has 0 aromatic carbocycles. The van der Waals surface area contributed by atoms with Crippen molar-refractivity contribution in [3.8, 4) is 0 Å². The minimum absolute atomic E-state index is 0.194. The summed E-state index contributed by atoms with van der Waals surface area (Å²) in [5.41, 5.74) is 0.576. The summed E-state index contributed by atoms with van der Waals surface area (Å²) in [5.74, 6) is -3.75. The SMILES string of the molecule is CC1=C(O)C2=C(C(=O)C1=O)[C@@H]1O[C@H](CC[C@H](C)/C=C(\C)C[C@@H](C)C[C@H](C)C(=O)C2O)[C@H](C)[C@H](O)[C@H]1C. The van der Waals surface area contributed by atoms with Crippen LogP contribution >= 0.6 is 0 Å². The summed E-state index contributed by atoms with van der Waals surface area (Å²) < 4.78 is 6.39. The Morgan fingerprint density at radius 3 is 2.17 bits per heavy atom. The minimum atomic E-state index is -1.79. The molecule has 0 radical (unpaired) electrons. The zero-order valence-electron chi connectivity index (χ0n) is 22.6. The summed E-state index contributed by atoms with van der Waals surface area (Å²) in [7, 11) is 0. The molecular formula is C29H42O7. The van der Waals surface area contributed by atoms with Crippen LogP contribution in [0.5, 0.6) is 0 Å². The number of hydrogen-bond acceptors (Lipinski definition) is 7. The average Bonchev–Trinajstić information content (AvgIpc) is 2.81. The van der Waals surface area contributed by atoms with E-state index in [0.29, 0.717) is 12.8 Å². The van der Waals surface area contributed by atoms with Gasteiger partial charge in [0.25, 0.3) is 0 Å². The molecule has 0 saturated carbocycles. The van der Waals surface area contributed by atoms with Gasteiger partial charge >= 0.3 is 0 Å². The Labute approximate surface area is 214 Å². The lowest BCUT2D eigenvalue weighted by molar-refractivity contribution is -0.158. The van der Waals surface area contributed by atoms with Crippen LogP contribution in [0.25, 0.3) is 0 Å². The Balaban J connectivity index is 2.18. The van der Waals surface area contributed by atoms with Gasteiger partial charge in [0.05, 0.1) is 18.3 Å². The molecule has 7 nitrogen and oxygen atoms in total. The van der Waals surface area contributed by atoms with Gasteiger partial charge in [-0.05, 0) is 51.4 Å². The molecule has 0 spiro atoms. The van der Waals surface area contributed by atoms with Crippen molar-refractivity contribution in [3.05, 3.63) is 34.1 Å². The van der Waals surface area contributed by atoms with Gasteiger partial charge < -0.3 is 20.1 Å². The monoisotopic (exact) mass is 502 g/mol. The molecule has 1 fully saturated rings. The van der Waals surface area contributed by atoms with Gasteiger partial charge in [-0.25, -0.2) is 0 Å². The van der Waals surface area contributed by atoms with Gasteiger partial charge in [0.2, 0.25) is 11.6 Å². The number of ether oxygens (including phenoxy) is 1. The van der Waals surface area contributed by atoms with Crippen LogP contribution in [0, 0.1) is 29.6 Å². The predicted molar refractivity (Wildman–Crippen MR) is 136 cm³/mol. The first-order valence-corrected chi connectivity index (χ1v) is 13.2. The third kappa shape index (κ3) is 5.43. The molecule has 9 atom stereocenters. The van der Waals surface area contributed by atoms with E-state index in [4.69, 9.17) is 4.74 Å². The predicted octanol–water partition coefficient (Wildman–Crippen LogP) is 4.03. The molecule has 2 heterocycles. The van der Waals surface area contributed by atoms with Crippen LogP contribution in [0.3, 0.4) is 0 Å². The summed E-state index contributed by atoms with van der Waals surface area (Å²) in [5, 5.41) is 33.3. The van der Waals surface area contributed by atoms with Gasteiger partial charge in [0, 0.05) is 34.5 Å². The van der Waals surface area contributed by atoms with E-state index >= 15 is 0 Å². The average molecular weight is 503 g/mol. The zero-order valence-corrected chi connectivity index (χ0v) is 22.6. The standard InChI is InChI=1S/C29H42O7/c1-13-8-9-20-17(5)24(31)19(7)29(36-20)22-21(25(32)18(6)26(33)28(22)35)27(34)23(30)16(4)12-15(3)11-14(2)10-13/h10,13,15-17,19-20,24,27,29,31-32,34H,8-9,11-12H2,1-7H3/b14-10+/t13-,15+,16-,17-,19+,20+,24-,27?,29+/m0/s1. The smallest absolute Gasteiger partial charge is 0.232 e. The Bertz CT molecular complexity index is 1000. The topological polar surface area (TPSA) is 121 Å². The maximum atomic E-state index is 13.4.